The van der Waals surface area contributed by atoms with Gasteiger partial charge in [-0.25, -0.2) is 22.7 Å². The van der Waals surface area contributed by atoms with Crippen molar-refractivity contribution in [3.63, 3.8) is 0 Å². The lowest BCUT2D eigenvalue weighted by Gasteiger charge is -2.13. The number of halogens is 1. The van der Waals surface area contributed by atoms with Crippen LogP contribution in [0.25, 0.3) is 0 Å². The van der Waals surface area contributed by atoms with Crippen LogP contribution in [-0.2, 0) is 19.5 Å². The van der Waals surface area contributed by atoms with Gasteiger partial charge < -0.3 is 14.2 Å². The Morgan fingerprint density at radius 1 is 1.22 bits per heavy atom. The number of hydrogen-bond donors (Lipinski definition) is 2. The maximum absolute atomic E-state index is 12.7. The van der Waals surface area contributed by atoms with E-state index in [9.17, 15) is 18.0 Å². The van der Waals surface area contributed by atoms with Crippen molar-refractivity contribution < 1.29 is 32.2 Å². The molecule has 2 N–H and O–H groups in total. The molecule has 2 aromatic rings. The SMILES string of the molecule is CCOC(=O)Nc1cccc(OC(=O)c2ccc(Cl)c(S(=O)(=O)NCC3CCCO3)c2)c1. The Morgan fingerprint density at radius 3 is 2.75 bits per heavy atom. The molecule has 0 saturated carbocycles. The summed E-state index contributed by atoms with van der Waals surface area (Å²) in [6.07, 6.45) is 0.823. The van der Waals surface area contributed by atoms with E-state index in [1.165, 1.54) is 24.3 Å². The summed E-state index contributed by atoms with van der Waals surface area (Å²) in [6, 6.07) is 9.97. The minimum absolute atomic E-state index is 0.00403. The topological polar surface area (TPSA) is 120 Å². The zero-order valence-corrected chi connectivity index (χ0v) is 18.9. The van der Waals surface area contributed by atoms with Crippen molar-refractivity contribution in [1.82, 2.24) is 4.72 Å². The van der Waals surface area contributed by atoms with Crippen molar-refractivity contribution in [1.29, 1.82) is 0 Å². The number of carbonyl (C=O) groups is 2. The van der Waals surface area contributed by atoms with Gasteiger partial charge >= 0.3 is 12.1 Å². The molecule has 172 valence electrons. The van der Waals surface area contributed by atoms with Gasteiger partial charge in [0.05, 0.1) is 23.3 Å². The van der Waals surface area contributed by atoms with E-state index in [1.54, 1.807) is 19.1 Å². The minimum Gasteiger partial charge on any atom is -0.450 e. The van der Waals surface area contributed by atoms with E-state index in [1.807, 2.05) is 0 Å². The van der Waals surface area contributed by atoms with Crippen molar-refractivity contribution >= 4 is 39.4 Å². The first-order valence-electron chi connectivity index (χ1n) is 9.95. The van der Waals surface area contributed by atoms with Crippen molar-refractivity contribution in [2.24, 2.45) is 0 Å². The van der Waals surface area contributed by atoms with Crippen LogP contribution in [0, 0.1) is 0 Å². The Balaban J connectivity index is 1.71. The zero-order chi connectivity index (χ0) is 23.1. The standard InChI is InChI=1S/C21H23ClN2O7S/c1-2-29-21(26)24-15-5-3-6-16(12-15)31-20(25)14-8-9-18(22)19(11-14)32(27,28)23-13-17-7-4-10-30-17/h3,5-6,8-9,11-12,17,23H,2,4,7,10,13H2,1H3,(H,24,26). The van der Waals surface area contributed by atoms with Gasteiger partial charge in [-0.2, -0.15) is 0 Å². The van der Waals surface area contributed by atoms with Crippen LogP contribution in [0.3, 0.4) is 0 Å². The monoisotopic (exact) mass is 482 g/mol. The number of ether oxygens (including phenoxy) is 3. The number of esters is 1. The van der Waals surface area contributed by atoms with Gasteiger partial charge in [0, 0.05) is 24.9 Å². The molecule has 1 atom stereocenters. The Labute approximate surface area is 191 Å². The highest BCUT2D eigenvalue weighted by atomic mass is 35.5. The molecule has 1 aliphatic rings. The lowest BCUT2D eigenvalue weighted by molar-refractivity contribution is 0.0734. The van der Waals surface area contributed by atoms with Crippen LogP contribution < -0.4 is 14.8 Å². The third kappa shape index (κ3) is 6.42. The van der Waals surface area contributed by atoms with E-state index >= 15 is 0 Å². The molecule has 0 aromatic heterocycles. The van der Waals surface area contributed by atoms with Crippen LogP contribution in [0.4, 0.5) is 10.5 Å². The molecule has 32 heavy (non-hydrogen) atoms. The molecule has 1 fully saturated rings. The summed E-state index contributed by atoms with van der Waals surface area (Å²) < 4.78 is 43.4. The molecular weight excluding hydrogens is 460 g/mol. The van der Waals surface area contributed by atoms with E-state index < -0.39 is 22.1 Å². The summed E-state index contributed by atoms with van der Waals surface area (Å²) in [5, 5.41) is 2.48. The van der Waals surface area contributed by atoms with Crippen LogP contribution in [0.1, 0.15) is 30.1 Å². The van der Waals surface area contributed by atoms with Gasteiger partial charge in [-0.15, -0.1) is 0 Å². The van der Waals surface area contributed by atoms with Gasteiger partial charge in [-0.1, -0.05) is 17.7 Å². The largest absolute Gasteiger partial charge is 0.450 e. The van der Waals surface area contributed by atoms with Gasteiger partial charge in [-0.05, 0) is 50.1 Å². The Hall–Kier alpha value is -2.66. The maximum atomic E-state index is 12.7. The highest BCUT2D eigenvalue weighted by molar-refractivity contribution is 7.89. The van der Waals surface area contributed by atoms with Crippen LogP contribution in [0.5, 0.6) is 5.75 Å². The number of amides is 1. The first-order valence-corrected chi connectivity index (χ1v) is 11.8. The fourth-order valence-electron chi connectivity index (χ4n) is 3.01. The molecule has 1 amide bonds. The van der Waals surface area contributed by atoms with E-state index in [2.05, 4.69) is 10.0 Å². The number of benzene rings is 2. The second-order valence-corrected chi connectivity index (χ2v) is 9.04. The number of anilines is 1. The van der Waals surface area contributed by atoms with Crippen molar-refractivity contribution in [3.8, 4) is 5.75 Å². The summed E-state index contributed by atoms with van der Waals surface area (Å²) in [5.74, 6) is -0.634. The zero-order valence-electron chi connectivity index (χ0n) is 17.3. The number of nitrogens with one attached hydrogen (secondary N) is 2. The summed E-state index contributed by atoms with van der Waals surface area (Å²) in [6.45, 7) is 2.61. The lowest BCUT2D eigenvalue weighted by Crippen LogP contribution is -2.32. The van der Waals surface area contributed by atoms with E-state index in [4.69, 9.17) is 25.8 Å². The summed E-state index contributed by atoms with van der Waals surface area (Å²) >= 11 is 6.08. The molecule has 1 saturated heterocycles. The second kappa shape index (κ2) is 10.8. The molecule has 1 aliphatic heterocycles. The molecular formula is C21H23ClN2O7S. The molecule has 3 rings (SSSR count). The number of carbonyl (C=O) groups excluding carboxylic acids is 2. The Bertz CT molecular complexity index is 1090. The molecule has 11 heteroatoms. The lowest BCUT2D eigenvalue weighted by atomic mass is 10.2. The minimum atomic E-state index is -3.96. The van der Waals surface area contributed by atoms with Crippen LogP contribution in [0.15, 0.2) is 47.4 Å². The molecule has 0 bridgehead atoms. The van der Waals surface area contributed by atoms with Crippen molar-refractivity contribution in [2.75, 3.05) is 25.1 Å². The average Bonchev–Trinajstić information content (AvgIpc) is 3.27. The molecule has 0 spiro atoms. The number of rotatable bonds is 8. The highest BCUT2D eigenvalue weighted by Crippen LogP contribution is 2.25. The van der Waals surface area contributed by atoms with Crippen LogP contribution >= 0.6 is 11.6 Å². The van der Waals surface area contributed by atoms with Gasteiger partial charge in [0.15, 0.2) is 0 Å². The summed E-state index contributed by atoms with van der Waals surface area (Å²) in [7, 11) is -3.96. The molecule has 1 unspecified atom stereocenters. The molecule has 0 radical (unpaired) electrons. The normalized spacial score (nSPS) is 15.9. The third-order valence-corrected chi connectivity index (χ3v) is 6.45. The van der Waals surface area contributed by atoms with Crippen molar-refractivity contribution in [2.45, 2.75) is 30.8 Å². The molecule has 0 aliphatic carbocycles. The quantitative estimate of drug-likeness (QED) is 0.435. The maximum Gasteiger partial charge on any atom is 0.411 e. The third-order valence-electron chi connectivity index (χ3n) is 4.55. The Kier molecular flexibility index (Phi) is 8.08. The van der Waals surface area contributed by atoms with Gasteiger partial charge in [0.2, 0.25) is 10.0 Å². The molecule has 9 nitrogen and oxygen atoms in total. The highest BCUT2D eigenvalue weighted by Gasteiger charge is 2.24. The first kappa shape index (κ1) is 24.0. The van der Waals surface area contributed by atoms with E-state index in [-0.39, 0.29) is 40.5 Å². The molecule has 2 aromatic carbocycles. The number of hydrogen-bond acceptors (Lipinski definition) is 7. The molecule has 1 heterocycles. The second-order valence-electron chi connectivity index (χ2n) is 6.89. The predicted molar refractivity (Wildman–Crippen MR) is 118 cm³/mol. The van der Waals surface area contributed by atoms with Gasteiger partial charge in [-0.3, -0.25) is 5.32 Å². The average molecular weight is 483 g/mol. The Morgan fingerprint density at radius 2 is 2.03 bits per heavy atom. The summed E-state index contributed by atoms with van der Waals surface area (Å²) in [4.78, 5) is 23.9. The number of sulfonamides is 1. The van der Waals surface area contributed by atoms with Gasteiger partial charge in [0.25, 0.3) is 0 Å². The van der Waals surface area contributed by atoms with Crippen molar-refractivity contribution in [3.05, 3.63) is 53.1 Å². The summed E-state index contributed by atoms with van der Waals surface area (Å²) in [5.41, 5.74) is 0.363. The van der Waals surface area contributed by atoms with Crippen LogP contribution in [0.2, 0.25) is 5.02 Å². The smallest absolute Gasteiger partial charge is 0.411 e. The fraction of sp³-hybridized carbons (Fsp3) is 0.333. The van der Waals surface area contributed by atoms with Crippen LogP contribution in [-0.4, -0.2) is 46.3 Å². The van der Waals surface area contributed by atoms with Gasteiger partial charge in [0.1, 0.15) is 10.6 Å². The van der Waals surface area contributed by atoms with E-state index in [0.717, 1.165) is 18.9 Å². The predicted octanol–water partition coefficient (Wildman–Crippen LogP) is 3.58. The fourth-order valence-corrected chi connectivity index (χ4v) is 4.60. The first-order chi connectivity index (χ1) is 15.3. The van der Waals surface area contributed by atoms with E-state index in [0.29, 0.717) is 12.3 Å².